The second-order valence-corrected chi connectivity index (χ2v) is 28.6. The van der Waals surface area contributed by atoms with Gasteiger partial charge in [-0.2, -0.15) is 0 Å². The van der Waals surface area contributed by atoms with E-state index in [1.54, 1.807) is 36.4 Å². The van der Waals surface area contributed by atoms with Crippen molar-refractivity contribution in [2.45, 2.75) is 0 Å². The van der Waals surface area contributed by atoms with Crippen LogP contribution in [0.5, 0.6) is 0 Å². The zero-order valence-corrected chi connectivity index (χ0v) is 37.3. The van der Waals surface area contributed by atoms with Gasteiger partial charge in [0.05, 0.1) is 0 Å². The Hall–Kier alpha value is 1.78. The van der Waals surface area contributed by atoms with Crippen molar-refractivity contribution >= 4 is 140 Å². The molecule has 0 amide bonds. The predicted octanol–water partition coefficient (Wildman–Crippen LogP) is -10.0. The van der Waals surface area contributed by atoms with Crippen LogP contribution in [0.4, 0.5) is 16.9 Å². The Balaban J connectivity index is -0.000000263. The van der Waals surface area contributed by atoms with E-state index in [-0.39, 0.29) is 7.14 Å². The number of hydrogen-bond donors (Lipinski definition) is 0. The van der Waals surface area contributed by atoms with E-state index in [0.717, 1.165) is 0 Å². The predicted molar refractivity (Wildman–Crippen MR) is 111 cm³/mol. The summed E-state index contributed by atoms with van der Waals surface area (Å²) in [5.74, 6) is 0. The van der Waals surface area contributed by atoms with E-state index < -0.39 is 140 Å². The molecular weight excluding hydrogens is 1420 g/mol. The average Bonchev–Trinajstić information content (AvgIpc) is 2.68. The Morgan fingerprint density at radius 2 is 0.591 bits per heavy atom. The Bertz CT molecular complexity index is 1220. The first kappa shape index (κ1) is 52.6. The van der Waals surface area contributed by atoms with Crippen LogP contribution in [0, 0.1) is 7.14 Å². The average molecular weight is 1430 g/mol. The van der Waals surface area contributed by atoms with Gasteiger partial charge < -0.3 is 0 Å². The molecule has 0 aliphatic heterocycles. The van der Waals surface area contributed by atoms with Gasteiger partial charge in [0.2, 0.25) is 0 Å². The fourth-order valence-corrected chi connectivity index (χ4v) is 13.5. The summed E-state index contributed by atoms with van der Waals surface area (Å²) < 4.78 is 231. The summed E-state index contributed by atoms with van der Waals surface area (Å²) in [7, 11) is 0. The zero-order valence-electron chi connectivity index (χ0n) is 19.9. The van der Waals surface area contributed by atoms with Gasteiger partial charge >= 0.3 is 285 Å². The molecule has 44 heavy (non-hydrogen) atoms. The second kappa shape index (κ2) is 23.2. The SMILES string of the molecule is [O]=[Sb]([O-])([F])[O]I(=O)(c1ccccc1)c1ccccc1.[O]=[Sb]([O-])([O-])[F].[O]=[Sb]([O-])([O-])[F].[O]=[Sb]([O-])([O-])[F].[O]=[Sb]([O-])([O-])[F].[O]=[Sb]([O-])([O-])[F]. The molecule has 2 aromatic carbocycles. The first-order chi connectivity index (χ1) is 18.9. The molecule has 0 radical (unpaired) electrons. The normalized spacial score (nSPS) is 13.5. The van der Waals surface area contributed by atoms with Crippen LogP contribution < -0.4 is 37.2 Å². The van der Waals surface area contributed by atoms with Crippen molar-refractivity contribution in [3.8, 4) is 0 Å². The van der Waals surface area contributed by atoms with Crippen LogP contribution in [0.3, 0.4) is 0 Å². The summed E-state index contributed by atoms with van der Waals surface area (Å²) >= 11 is -43.1. The minimum atomic E-state index is -6.53. The minimum absolute atomic E-state index is 0.211. The molecular formula is C12H10F6IO19Sb6-11. The Labute approximate surface area is 280 Å². The van der Waals surface area contributed by atoms with Crippen LogP contribution in [0.1, 0.15) is 0 Å². The van der Waals surface area contributed by atoms with Gasteiger partial charge in [-0.3, -0.25) is 0 Å². The topological polar surface area (TPSA) is 382 Å². The molecule has 2 aromatic rings. The zero-order chi connectivity index (χ0) is 36.4. The third kappa shape index (κ3) is 62.6. The fourth-order valence-electron chi connectivity index (χ4n) is 1.48. The van der Waals surface area contributed by atoms with Gasteiger partial charge in [-0.1, -0.05) is 0 Å². The molecule has 0 aromatic heterocycles. The Kier molecular flexibility index (Phi) is 27.8. The van der Waals surface area contributed by atoms with Crippen molar-refractivity contribution in [1.29, 1.82) is 0 Å². The number of rotatable bonds is 4. The van der Waals surface area contributed by atoms with Crippen molar-refractivity contribution in [3.05, 3.63) is 67.8 Å². The van der Waals surface area contributed by atoms with Gasteiger partial charge in [0.1, 0.15) is 0 Å². The van der Waals surface area contributed by atoms with E-state index in [2.05, 4.69) is 1.34 Å². The molecule has 19 nitrogen and oxygen atoms in total. The molecule has 0 saturated heterocycles. The summed E-state index contributed by atoms with van der Waals surface area (Å²) in [6.45, 7) is 0. The molecule has 262 valence electrons. The second-order valence-electron chi connectivity index (χ2n) is 5.71. The molecule has 1 atom stereocenters. The molecule has 0 bridgehead atoms. The molecule has 0 spiro atoms. The molecule has 0 saturated carbocycles. The molecule has 1 unspecified atom stereocenters. The molecule has 2 rings (SSSR count). The van der Waals surface area contributed by atoms with Gasteiger partial charge in [-0.25, -0.2) is 0 Å². The molecule has 0 fully saturated rings. The maximum absolute atomic E-state index is 13.0. The van der Waals surface area contributed by atoms with Gasteiger partial charge in [-0.05, 0) is 0 Å². The first-order valence-electron chi connectivity index (χ1n) is 8.81. The molecule has 0 aliphatic rings. The van der Waals surface area contributed by atoms with E-state index in [1.807, 2.05) is 0 Å². The van der Waals surface area contributed by atoms with Crippen LogP contribution in [0.25, 0.3) is 0 Å². The van der Waals surface area contributed by atoms with Crippen molar-refractivity contribution in [1.82, 2.24) is 0 Å². The van der Waals surface area contributed by atoms with Gasteiger partial charge in [0.25, 0.3) is 0 Å². The first-order valence-corrected chi connectivity index (χ1v) is 37.3. The van der Waals surface area contributed by atoms with E-state index >= 15 is 0 Å². The summed E-state index contributed by atoms with van der Waals surface area (Å²) in [5.41, 5.74) is 0. The van der Waals surface area contributed by atoms with Crippen molar-refractivity contribution in [2.75, 3.05) is 0 Å². The molecule has 0 heterocycles. The van der Waals surface area contributed by atoms with Crippen molar-refractivity contribution in [3.63, 3.8) is 0 Å². The number of hydrogen-bond acceptors (Lipinski definition) is 19. The van der Waals surface area contributed by atoms with Crippen molar-refractivity contribution < 1.29 is 76.6 Å². The van der Waals surface area contributed by atoms with E-state index in [1.165, 1.54) is 24.3 Å². The van der Waals surface area contributed by atoms with Crippen molar-refractivity contribution in [2.24, 2.45) is 0 Å². The van der Waals surface area contributed by atoms with Crippen LogP contribution in [-0.4, -0.2) is 121 Å². The number of halogens is 7. The van der Waals surface area contributed by atoms with E-state index in [0.29, 0.717) is 0 Å². The monoisotopic (exact) mass is 1420 g/mol. The van der Waals surface area contributed by atoms with Crippen LogP contribution >= 0.6 is 18.8 Å². The fraction of sp³-hybridized carbons (Fsp3) is 0. The quantitative estimate of drug-likeness (QED) is 0.156. The van der Waals surface area contributed by atoms with Gasteiger partial charge in [-0.15, -0.1) is 0 Å². The summed E-state index contributed by atoms with van der Waals surface area (Å²) in [5, 5.41) is 0. The summed E-state index contributed by atoms with van der Waals surface area (Å²) in [6, 6.07) is 15.7. The third-order valence-electron chi connectivity index (χ3n) is 2.22. The Morgan fingerprint density at radius 3 is 0.727 bits per heavy atom. The van der Waals surface area contributed by atoms with Crippen LogP contribution in [0.15, 0.2) is 60.7 Å². The molecule has 32 heteroatoms. The molecule has 0 aliphatic carbocycles. The third-order valence-corrected chi connectivity index (χ3v) is 14.8. The van der Waals surface area contributed by atoms with E-state index in [9.17, 15) is 26.3 Å². The maximum atomic E-state index is 13.0. The van der Waals surface area contributed by atoms with Gasteiger partial charge in [0.15, 0.2) is 0 Å². The van der Waals surface area contributed by atoms with Crippen LogP contribution in [-0.2, 0) is 22.5 Å². The van der Waals surface area contributed by atoms with Gasteiger partial charge in [0, 0.05) is 0 Å². The number of benzene rings is 2. The molecule has 0 N–H and O–H groups in total. The van der Waals surface area contributed by atoms with E-state index in [4.69, 9.17) is 48.9 Å². The standard InChI is InChI=1S/C12H11IO2.6FH.17O.6Sb/c14-13(15,11-7-3-1-4-8-11)12-9-5-2-6-10-12;;;;;;;;;;;;;;;;;;;;;;;;;;;;;/h1-10H,(H,14,15);6*1H;;;;;;;;;;;;;;;;;;;;;;;/q;;;;;;;;;;;;;11*-1;5*+1;+2/p-7. The summed E-state index contributed by atoms with van der Waals surface area (Å²) in [6.07, 6.45) is 0. The Morgan fingerprint density at radius 1 is 0.432 bits per heavy atom. The van der Waals surface area contributed by atoms with Crippen LogP contribution in [0.2, 0.25) is 0 Å². The summed E-state index contributed by atoms with van der Waals surface area (Å²) in [4.78, 5) is 0.